The van der Waals surface area contributed by atoms with E-state index in [9.17, 15) is 4.39 Å². The summed E-state index contributed by atoms with van der Waals surface area (Å²) in [6, 6.07) is 3.41. The van der Waals surface area contributed by atoms with Gasteiger partial charge in [0, 0.05) is 0 Å². The van der Waals surface area contributed by atoms with Crippen LogP contribution >= 0.6 is 11.8 Å². The van der Waals surface area contributed by atoms with Crippen molar-refractivity contribution >= 4 is 11.8 Å². The van der Waals surface area contributed by atoms with E-state index >= 15 is 0 Å². The van der Waals surface area contributed by atoms with Crippen molar-refractivity contribution in [1.82, 2.24) is 4.98 Å². The molecule has 0 atom stereocenters. The van der Waals surface area contributed by atoms with Crippen molar-refractivity contribution in [2.24, 2.45) is 0 Å². The van der Waals surface area contributed by atoms with E-state index in [1.807, 2.05) is 6.26 Å². The zero-order valence-corrected chi connectivity index (χ0v) is 8.10. The quantitative estimate of drug-likeness (QED) is 0.551. The molecule has 4 heteroatoms. The van der Waals surface area contributed by atoms with Crippen LogP contribution in [0.1, 0.15) is 12.8 Å². The van der Waals surface area contributed by atoms with Crippen molar-refractivity contribution in [3.63, 3.8) is 0 Å². The van der Waals surface area contributed by atoms with Gasteiger partial charge in [0.2, 0.25) is 0 Å². The fourth-order valence-corrected chi connectivity index (χ4v) is 1.35. The van der Waals surface area contributed by atoms with Crippen LogP contribution in [0.4, 0.5) is 4.39 Å². The molecule has 1 aromatic heterocycles. The Kier molecular flexibility index (Phi) is 2.40. The Labute approximate surface area is 80.5 Å². The van der Waals surface area contributed by atoms with Crippen LogP contribution in [0.5, 0.6) is 5.75 Å². The highest BCUT2D eigenvalue weighted by molar-refractivity contribution is 7.98. The number of halogens is 1. The maximum Gasteiger partial charge on any atom is 0.256 e. The molecule has 13 heavy (non-hydrogen) atoms. The van der Waals surface area contributed by atoms with Gasteiger partial charge in [-0.3, -0.25) is 0 Å². The largest absolute Gasteiger partial charge is 0.486 e. The van der Waals surface area contributed by atoms with E-state index < -0.39 is 5.95 Å². The van der Waals surface area contributed by atoms with E-state index in [0.717, 1.165) is 12.8 Å². The van der Waals surface area contributed by atoms with Crippen LogP contribution in [0.15, 0.2) is 17.2 Å². The summed E-state index contributed by atoms with van der Waals surface area (Å²) < 4.78 is 18.5. The molecule has 2 rings (SSSR count). The molecule has 1 aliphatic carbocycles. The predicted molar refractivity (Wildman–Crippen MR) is 49.6 cm³/mol. The lowest BCUT2D eigenvalue weighted by atomic mass is 10.4. The van der Waals surface area contributed by atoms with Gasteiger partial charge in [0.05, 0.1) is 11.1 Å². The Bertz CT molecular complexity index is 314. The number of hydrogen-bond acceptors (Lipinski definition) is 3. The second-order valence-corrected chi connectivity index (χ2v) is 3.79. The maximum absolute atomic E-state index is 13.2. The summed E-state index contributed by atoms with van der Waals surface area (Å²) in [6.45, 7) is 0. The van der Waals surface area contributed by atoms with Gasteiger partial charge in [-0.05, 0) is 31.2 Å². The zero-order valence-electron chi connectivity index (χ0n) is 7.29. The SMILES string of the molecule is CSc1ccc(OC2CC2)c(F)n1. The zero-order chi connectivity index (χ0) is 9.26. The smallest absolute Gasteiger partial charge is 0.256 e. The fourth-order valence-electron chi connectivity index (χ4n) is 0.972. The number of ether oxygens (including phenoxy) is 1. The minimum atomic E-state index is -0.501. The molecule has 1 saturated carbocycles. The van der Waals surface area contributed by atoms with Crippen molar-refractivity contribution in [3.8, 4) is 5.75 Å². The van der Waals surface area contributed by atoms with Crippen molar-refractivity contribution < 1.29 is 9.13 Å². The Balaban J connectivity index is 2.15. The molecule has 0 aromatic carbocycles. The maximum atomic E-state index is 13.2. The molecule has 2 nitrogen and oxygen atoms in total. The molecule has 1 heterocycles. The molecule has 0 saturated heterocycles. The lowest BCUT2D eigenvalue weighted by molar-refractivity contribution is 0.282. The first-order chi connectivity index (χ1) is 6.29. The molecule has 0 N–H and O–H groups in total. The Hall–Kier alpha value is -0.770. The van der Waals surface area contributed by atoms with Gasteiger partial charge >= 0.3 is 0 Å². The Morgan fingerprint density at radius 1 is 1.54 bits per heavy atom. The van der Waals surface area contributed by atoms with Gasteiger partial charge in [-0.1, -0.05) is 0 Å². The standard InChI is InChI=1S/C9H10FNOS/c1-13-8-5-4-7(9(10)11-8)12-6-2-3-6/h4-6H,2-3H2,1H3. The molecule has 0 spiro atoms. The monoisotopic (exact) mass is 199 g/mol. The summed E-state index contributed by atoms with van der Waals surface area (Å²) in [4.78, 5) is 3.74. The summed E-state index contributed by atoms with van der Waals surface area (Å²) in [5.74, 6) is -0.223. The van der Waals surface area contributed by atoms with Crippen LogP contribution in [0.2, 0.25) is 0 Å². The number of hydrogen-bond donors (Lipinski definition) is 0. The third-order valence-corrected chi connectivity index (χ3v) is 2.46. The molecule has 0 amide bonds. The van der Waals surface area contributed by atoms with E-state index in [0.29, 0.717) is 5.03 Å². The first-order valence-corrected chi connectivity index (χ1v) is 5.39. The second-order valence-electron chi connectivity index (χ2n) is 2.96. The summed E-state index contributed by atoms with van der Waals surface area (Å²) in [5, 5.41) is 0.681. The first-order valence-electron chi connectivity index (χ1n) is 4.17. The van der Waals surface area contributed by atoms with Crippen LogP contribution in [0, 0.1) is 5.95 Å². The first kappa shape index (κ1) is 8.81. The van der Waals surface area contributed by atoms with Crippen LogP contribution in [-0.2, 0) is 0 Å². The normalized spacial score (nSPS) is 15.8. The van der Waals surface area contributed by atoms with Gasteiger partial charge < -0.3 is 4.74 Å². The van der Waals surface area contributed by atoms with E-state index in [-0.39, 0.29) is 11.9 Å². The van der Waals surface area contributed by atoms with Gasteiger partial charge in [0.25, 0.3) is 5.95 Å². The minimum Gasteiger partial charge on any atom is -0.486 e. The van der Waals surface area contributed by atoms with Crippen molar-refractivity contribution in [2.45, 2.75) is 24.0 Å². The van der Waals surface area contributed by atoms with Crippen LogP contribution in [0.3, 0.4) is 0 Å². The molecule has 0 radical (unpaired) electrons. The molecular formula is C9H10FNOS. The molecule has 0 unspecified atom stereocenters. The molecule has 1 fully saturated rings. The van der Waals surface area contributed by atoms with E-state index in [2.05, 4.69) is 4.98 Å². The topological polar surface area (TPSA) is 22.1 Å². The van der Waals surface area contributed by atoms with Gasteiger partial charge in [-0.2, -0.15) is 4.39 Å². The van der Waals surface area contributed by atoms with E-state index in [1.54, 1.807) is 12.1 Å². The Morgan fingerprint density at radius 3 is 2.85 bits per heavy atom. The minimum absolute atomic E-state index is 0.219. The predicted octanol–water partition coefficient (Wildman–Crippen LogP) is 2.48. The van der Waals surface area contributed by atoms with Crippen molar-refractivity contribution in [2.75, 3.05) is 6.26 Å². The number of thioether (sulfide) groups is 1. The molecule has 0 aliphatic heterocycles. The number of aromatic nitrogens is 1. The molecule has 1 aromatic rings. The Morgan fingerprint density at radius 2 is 2.31 bits per heavy atom. The van der Waals surface area contributed by atoms with Gasteiger partial charge in [-0.25, -0.2) is 4.98 Å². The lowest BCUT2D eigenvalue weighted by Crippen LogP contribution is -2.00. The summed E-state index contributed by atoms with van der Waals surface area (Å²) in [5.41, 5.74) is 0. The van der Waals surface area contributed by atoms with Crippen LogP contribution < -0.4 is 4.74 Å². The summed E-state index contributed by atoms with van der Waals surface area (Å²) in [7, 11) is 0. The van der Waals surface area contributed by atoms with Gasteiger partial charge in [-0.15, -0.1) is 11.8 Å². The van der Waals surface area contributed by atoms with Crippen molar-refractivity contribution in [1.29, 1.82) is 0 Å². The average Bonchev–Trinajstić information content (AvgIpc) is 2.92. The van der Waals surface area contributed by atoms with Crippen LogP contribution in [-0.4, -0.2) is 17.3 Å². The lowest BCUT2D eigenvalue weighted by Gasteiger charge is -2.04. The van der Waals surface area contributed by atoms with E-state index in [1.165, 1.54) is 11.8 Å². The number of nitrogens with zero attached hydrogens (tertiary/aromatic N) is 1. The summed E-state index contributed by atoms with van der Waals surface area (Å²) >= 11 is 1.42. The van der Waals surface area contributed by atoms with E-state index in [4.69, 9.17) is 4.74 Å². The fraction of sp³-hybridized carbons (Fsp3) is 0.444. The van der Waals surface area contributed by atoms with Crippen molar-refractivity contribution in [3.05, 3.63) is 18.1 Å². The molecule has 0 bridgehead atoms. The van der Waals surface area contributed by atoms with Crippen LogP contribution in [0.25, 0.3) is 0 Å². The molecule has 70 valence electrons. The highest BCUT2D eigenvalue weighted by Gasteiger charge is 2.25. The third kappa shape index (κ3) is 2.12. The number of rotatable bonds is 3. The van der Waals surface area contributed by atoms with Gasteiger partial charge in [0.1, 0.15) is 0 Å². The second kappa shape index (κ2) is 3.54. The summed E-state index contributed by atoms with van der Waals surface area (Å²) in [6.07, 6.45) is 4.15. The highest BCUT2D eigenvalue weighted by atomic mass is 32.2. The van der Waals surface area contributed by atoms with Gasteiger partial charge in [0.15, 0.2) is 5.75 Å². The highest BCUT2D eigenvalue weighted by Crippen LogP contribution is 2.28. The average molecular weight is 199 g/mol. The molecular weight excluding hydrogens is 189 g/mol. The third-order valence-electron chi connectivity index (χ3n) is 1.82. The molecule has 1 aliphatic rings. The number of pyridine rings is 1.